The summed E-state index contributed by atoms with van der Waals surface area (Å²) in [7, 11) is 1.32. The number of aliphatic hydroxyl groups is 1. The Morgan fingerprint density at radius 1 is 0.438 bits per heavy atom. The van der Waals surface area contributed by atoms with E-state index in [1.807, 2.05) is 21.1 Å². The Kier molecular flexibility index (Phi) is 61.3. The van der Waals surface area contributed by atoms with Crippen molar-refractivity contribution in [3.8, 4) is 0 Å². The minimum atomic E-state index is -4.58. The van der Waals surface area contributed by atoms with Gasteiger partial charge in [0.15, 0.2) is 0 Å². The molecule has 0 aliphatic rings. The van der Waals surface area contributed by atoms with Crippen LogP contribution in [0.25, 0.3) is 0 Å². The zero-order chi connectivity index (χ0) is 58.4. The highest BCUT2D eigenvalue weighted by molar-refractivity contribution is 7.45. The van der Waals surface area contributed by atoms with Crippen molar-refractivity contribution in [2.24, 2.45) is 0 Å². The number of phosphoric ester groups is 1. The Balaban J connectivity index is 4.02. The third-order valence-corrected chi connectivity index (χ3v) is 17.3. The van der Waals surface area contributed by atoms with E-state index in [4.69, 9.17) is 9.05 Å². The van der Waals surface area contributed by atoms with Gasteiger partial charge in [-0.1, -0.05) is 339 Å². The van der Waals surface area contributed by atoms with Crippen LogP contribution in [0.5, 0.6) is 0 Å². The number of aliphatic hydroxyl groups excluding tert-OH is 1. The van der Waals surface area contributed by atoms with E-state index < -0.39 is 20.0 Å². The molecule has 0 spiro atoms. The third kappa shape index (κ3) is 64.3. The number of hydrogen-bond acceptors (Lipinski definition) is 6. The van der Waals surface area contributed by atoms with Gasteiger partial charge in [-0.2, -0.15) is 0 Å². The fourth-order valence-electron chi connectivity index (χ4n) is 10.9. The minimum Gasteiger partial charge on any atom is -0.756 e. The molecule has 0 fully saturated rings. The standard InChI is InChI=1S/C71H139N2O6P/c1-6-8-10-12-14-16-18-20-22-24-26-28-30-32-34-35-36-37-39-41-43-45-47-49-51-53-55-57-59-61-63-65-71(75)72-69(68-79-80(76,77)78-67-66-73(3,4)5)70(74)64-62-60-58-56-54-52-50-48-46-44-42-40-38-33-31-29-27-25-23-21-19-17-15-13-11-9-7-2/h18,20,24,26,30,32,69-70,74H,6-17,19,21-23,25,27-29,31,33-68H2,1-5H3,(H-,72,75,76,77)/b20-18-,26-24-,32-30-. The molecule has 3 atom stereocenters. The first-order valence-electron chi connectivity index (χ1n) is 35.3. The van der Waals surface area contributed by atoms with E-state index in [9.17, 15) is 19.4 Å². The van der Waals surface area contributed by atoms with Crippen LogP contribution in [0, 0.1) is 0 Å². The van der Waals surface area contributed by atoms with Crippen molar-refractivity contribution in [1.82, 2.24) is 5.32 Å². The summed E-state index contributed by atoms with van der Waals surface area (Å²) in [5, 5.41) is 14.1. The van der Waals surface area contributed by atoms with Gasteiger partial charge in [0.2, 0.25) is 5.91 Å². The Morgan fingerprint density at radius 3 is 1.05 bits per heavy atom. The number of rotatable bonds is 66. The number of hydrogen-bond donors (Lipinski definition) is 2. The average Bonchev–Trinajstić information content (AvgIpc) is 3.42. The molecule has 0 aliphatic carbocycles. The van der Waals surface area contributed by atoms with Crippen LogP contribution in [-0.2, 0) is 18.4 Å². The molecule has 0 heterocycles. The highest BCUT2D eigenvalue weighted by atomic mass is 31.2. The van der Waals surface area contributed by atoms with Crippen LogP contribution in [0.2, 0.25) is 0 Å². The lowest BCUT2D eigenvalue weighted by Gasteiger charge is -2.30. The van der Waals surface area contributed by atoms with Gasteiger partial charge in [-0.15, -0.1) is 0 Å². The van der Waals surface area contributed by atoms with Crippen LogP contribution in [0.4, 0.5) is 0 Å². The summed E-state index contributed by atoms with van der Waals surface area (Å²) >= 11 is 0. The van der Waals surface area contributed by atoms with Gasteiger partial charge >= 0.3 is 0 Å². The van der Waals surface area contributed by atoms with Gasteiger partial charge in [0, 0.05) is 6.42 Å². The van der Waals surface area contributed by atoms with E-state index in [1.54, 1.807) is 0 Å². The van der Waals surface area contributed by atoms with Crippen molar-refractivity contribution >= 4 is 13.7 Å². The van der Waals surface area contributed by atoms with E-state index in [2.05, 4.69) is 55.6 Å². The molecule has 0 bridgehead atoms. The van der Waals surface area contributed by atoms with E-state index in [0.29, 0.717) is 23.9 Å². The van der Waals surface area contributed by atoms with E-state index in [-0.39, 0.29) is 19.1 Å². The number of carbonyl (C=O) groups excluding carboxylic acids is 1. The van der Waals surface area contributed by atoms with Crippen LogP contribution < -0.4 is 10.2 Å². The van der Waals surface area contributed by atoms with Crippen LogP contribution in [0.3, 0.4) is 0 Å². The Hall–Kier alpha value is -1.28. The molecule has 0 aromatic carbocycles. The molecule has 9 heteroatoms. The molecule has 0 radical (unpaired) electrons. The second kappa shape index (κ2) is 62.3. The molecule has 8 nitrogen and oxygen atoms in total. The molecule has 0 rings (SSSR count). The summed E-state index contributed by atoms with van der Waals surface area (Å²) in [4.78, 5) is 25.7. The lowest BCUT2D eigenvalue weighted by molar-refractivity contribution is -0.870. The molecule has 3 unspecified atom stereocenters. The monoisotopic (exact) mass is 1150 g/mol. The number of phosphoric acid groups is 1. The van der Waals surface area contributed by atoms with Gasteiger partial charge in [0.05, 0.1) is 39.9 Å². The van der Waals surface area contributed by atoms with E-state index in [0.717, 1.165) is 51.4 Å². The predicted octanol–water partition coefficient (Wildman–Crippen LogP) is 21.8. The maximum atomic E-state index is 13.1. The highest BCUT2D eigenvalue weighted by Gasteiger charge is 2.24. The summed E-state index contributed by atoms with van der Waals surface area (Å²) in [5.41, 5.74) is 0. The first kappa shape index (κ1) is 78.7. The van der Waals surface area contributed by atoms with Crippen LogP contribution in [0.15, 0.2) is 36.5 Å². The average molecular weight is 1150 g/mol. The van der Waals surface area contributed by atoms with Gasteiger partial charge in [-0.25, -0.2) is 0 Å². The normalized spacial score (nSPS) is 13.8. The molecule has 80 heavy (non-hydrogen) atoms. The number of amides is 1. The van der Waals surface area contributed by atoms with Crippen LogP contribution >= 0.6 is 7.82 Å². The van der Waals surface area contributed by atoms with Crippen molar-refractivity contribution in [2.45, 2.75) is 373 Å². The number of likely N-dealkylation sites (N-methyl/N-ethyl adjacent to an activating group) is 1. The number of nitrogens with zero attached hydrogens (tertiary/aromatic N) is 1. The maximum Gasteiger partial charge on any atom is 0.268 e. The van der Waals surface area contributed by atoms with E-state index in [1.165, 1.54) is 283 Å². The summed E-state index contributed by atoms with van der Waals surface area (Å²) < 4.78 is 23.5. The zero-order valence-electron chi connectivity index (χ0n) is 54.3. The quantitative estimate of drug-likeness (QED) is 0.0272. The van der Waals surface area contributed by atoms with Crippen LogP contribution in [0.1, 0.15) is 361 Å². The van der Waals surface area contributed by atoms with Gasteiger partial charge in [-0.3, -0.25) is 9.36 Å². The van der Waals surface area contributed by atoms with Crippen molar-refractivity contribution < 1.29 is 32.9 Å². The first-order chi connectivity index (χ1) is 39.0. The second-order valence-corrected chi connectivity index (χ2v) is 27.0. The fraction of sp³-hybridized carbons (Fsp3) is 0.901. The summed E-state index contributed by atoms with van der Waals surface area (Å²) in [5.74, 6) is -0.158. The zero-order valence-corrected chi connectivity index (χ0v) is 55.2. The smallest absolute Gasteiger partial charge is 0.268 e. The van der Waals surface area contributed by atoms with Gasteiger partial charge in [-0.05, 0) is 51.4 Å². The molecule has 1 amide bonds. The van der Waals surface area contributed by atoms with Crippen molar-refractivity contribution in [2.75, 3.05) is 40.9 Å². The topological polar surface area (TPSA) is 108 Å². The number of nitrogens with one attached hydrogen (secondary N) is 1. The number of quaternary nitrogens is 1. The van der Waals surface area contributed by atoms with Crippen molar-refractivity contribution in [3.63, 3.8) is 0 Å². The Labute approximate surface area is 499 Å². The largest absolute Gasteiger partial charge is 0.756 e. The first-order valence-corrected chi connectivity index (χ1v) is 36.8. The maximum absolute atomic E-state index is 13.1. The van der Waals surface area contributed by atoms with Gasteiger partial charge < -0.3 is 28.8 Å². The number of allylic oxidation sites excluding steroid dienone is 6. The SMILES string of the molecule is CCCCCCC/C=C\C/C=C\C/C=C\CCCCCCCCCCCCCCCCCCC(=O)NC(COP(=O)([O-])OCC[N+](C)(C)C)C(O)CCCCCCCCCCCCCCCCCCCCCCCCCCCCC. The molecule has 0 aromatic rings. The van der Waals surface area contributed by atoms with Crippen molar-refractivity contribution in [1.29, 1.82) is 0 Å². The molecule has 0 aliphatic heterocycles. The number of carbonyl (C=O) groups is 1. The predicted molar refractivity (Wildman–Crippen MR) is 348 cm³/mol. The molecule has 474 valence electrons. The highest BCUT2D eigenvalue weighted by Crippen LogP contribution is 2.38. The van der Waals surface area contributed by atoms with E-state index >= 15 is 0 Å². The minimum absolute atomic E-state index is 0.0137. The lowest BCUT2D eigenvalue weighted by atomic mass is 10.0. The fourth-order valence-corrected chi connectivity index (χ4v) is 11.6. The Bertz CT molecular complexity index is 1400. The summed E-state index contributed by atoms with van der Waals surface area (Å²) in [6.07, 6.45) is 82.2. The molecule has 0 aromatic heterocycles. The van der Waals surface area contributed by atoms with Gasteiger partial charge in [0.25, 0.3) is 7.82 Å². The number of unbranched alkanes of at least 4 members (excludes halogenated alkanes) is 47. The van der Waals surface area contributed by atoms with Crippen molar-refractivity contribution in [3.05, 3.63) is 36.5 Å². The molecule has 2 N–H and O–H groups in total. The summed E-state index contributed by atoms with van der Waals surface area (Å²) in [6.45, 7) is 4.77. The van der Waals surface area contributed by atoms with Gasteiger partial charge in [0.1, 0.15) is 13.2 Å². The second-order valence-electron chi connectivity index (χ2n) is 25.6. The molecular formula is C71H139N2O6P. The molecule has 0 saturated heterocycles. The Morgan fingerprint density at radius 2 is 0.725 bits per heavy atom. The molecule has 0 saturated carbocycles. The summed E-state index contributed by atoms with van der Waals surface area (Å²) in [6, 6.07) is -0.802. The lowest BCUT2D eigenvalue weighted by Crippen LogP contribution is -2.46. The van der Waals surface area contributed by atoms with Crippen LogP contribution in [-0.4, -0.2) is 68.5 Å². The third-order valence-electron chi connectivity index (χ3n) is 16.4. The molecular weight excluding hydrogens is 1010 g/mol.